The number of benzene rings is 1. The van der Waals surface area contributed by atoms with Gasteiger partial charge in [0.2, 0.25) is 0 Å². The fourth-order valence-electron chi connectivity index (χ4n) is 2.88. The van der Waals surface area contributed by atoms with Crippen molar-refractivity contribution in [1.82, 2.24) is 0 Å². The summed E-state index contributed by atoms with van der Waals surface area (Å²) in [6.07, 6.45) is 0. The lowest BCUT2D eigenvalue weighted by Gasteiger charge is -2.25. The maximum absolute atomic E-state index is 6.26. The second kappa shape index (κ2) is 5.13. The Bertz CT molecular complexity index is 843. The predicted octanol–water partition coefficient (Wildman–Crippen LogP) is 6.34. The molecule has 3 heteroatoms. The lowest BCUT2D eigenvalue weighted by Crippen LogP contribution is -2.16. The summed E-state index contributed by atoms with van der Waals surface area (Å²) in [6, 6.07) is 8.69. The first-order chi connectivity index (χ1) is 10.6. The van der Waals surface area contributed by atoms with Crippen molar-refractivity contribution in [3.63, 3.8) is 0 Å². The lowest BCUT2D eigenvalue weighted by molar-refractivity contribution is 0.555. The monoisotopic (exact) mass is 327 g/mol. The number of rotatable bonds is 1. The Kier molecular flexibility index (Phi) is 3.60. The van der Waals surface area contributed by atoms with Crippen LogP contribution < -0.4 is 5.73 Å². The highest BCUT2D eigenvalue weighted by Gasteiger charge is 2.27. The van der Waals surface area contributed by atoms with Crippen molar-refractivity contribution in [1.29, 1.82) is 0 Å². The van der Waals surface area contributed by atoms with Gasteiger partial charge in [-0.3, -0.25) is 0 Å². The molecular weight excluding hydrogens is 302 g/mol. The third-order valence-electron chi connectivity index (χ3n) is 4.26. The van der Waals surface area contributed by atoms with Crippen LogP contribution in [0.25, 0.3) is 21.4 Å². The van der Waals surface area contributed by atoms with Crippen molar-refractivity contribution < 1.29 is 4.42 Å². The van der Waals surface area contributed by atoms with Crippen molar-refractivity contribution in [2.45, 2.75) is 52.4 Å². The molecule has 23 heavy (non-hydrogen) atoms. The van der Waals surface area contributed by atoms with Gasteiger partial charge in [0.25, 0.3) is 0 Å². The molecule has 0 saturated carbocycles. The zero-order valence-electron chi connectivity index (χ0n) is 14.8. The minimum absolute atomic E-state index is 0.00345. The van der Waals surface area contributed by atoms with Gasteiger partial charge in [-0.25, -0.2) is 0 Å². The smallest absolute Gasteiger partial charge is 0.200 e. The maximum atomic E-state index is 6.26. The van der Waals surface area contributed by atoms with Gasteiger partial charge < -0.3 is 10.2 Å². The van der Waals surface area contributed by atoms with Crippen LogP contribution in [-0.2, 0) is 10.8 Å². The topological polar surface area (TPSA) is 39.2 Å². The molecule has 0 aliphatic rings. The van der Waals surface area contributed by atoms with Gasteiger partial charge in [-0.1, -0.05) is 53.7 Å². The van der Waals surface area contributed by atoms with Crippen molar-refractivity contribution in [3.8, 4) is 10.4 Å². The number of anilines is 1. The number of furan rings is 1. The van der Waals surface area contributed by atoms with E-state index in [1.54, 1.807) is 11.3 Å². The first-order valence-electron chi connectivity index (χ1n) is 8.00. The highest BCUT2D eigenvalue weighted by Crippen LogP contribution is 2.44. The first kappa shape index (κ1) is 16.1. The molecule has 3 rings (SSSR count). The van der Waals surface area contributed by atoms with E-state index in [9.17, 15) is 0 Å². The normalized spacial score (nSPS) is 13.0. The van der Waals surface area contributed by atoms with Gasteiger partial charge in [-0.15, -0.1) is 11.3 Å². The average molecular weight is 327 g/mol. The highest BCUT2D eigenvalue weighted by molar-refractivity contribution is 7.13. The summed E-state index contributed by atoms with van der Waals surface area (Å²) in [4.78, 5) is 1.16. The van der Waals surface area contributed by atoms with E-state index in [0.29, 0.717) is 5.88 Å². The molecule has 0 amide bonds. The third kappa shape index (κ3) is 2.78. The Balaban J connectivity index is 2.43. The van der Waals surface area contributed by atoms with Gasteiger partial charge in [0, 0.05) is 15.8 Å². The van der Waals surface area contributed by atoms with Crippen LogP contribution >= 0.6 is 11.3 Å². The molecule has 0 unspecified atom stereocenters. The molecule has 2 N–H and O–H groups in total. The molecular formula is C20H25NOS. The number of nitrogen functional groups attached to an aromatic ring is 1. The van der Waals surface area contributed by atoms with Crippen LogP contribution in [-0.4, -0.2) is 0 Å². The van der Waals surface area contributed by atoms with Crippen molar-refractivity contribution in [2.24, 2.45) is 0 Å². The van der Waals surface area contributed by atoms with E-state index in [4.69, 9.17) is 10.2 Å². The second-order valence-corrected chi connectivity index (χ2v) is 9.17. The zero-order valence-corrected chi connectivity index (χ0v) is 15.6. The largest absolute Gasteiger partial charge is 0.440 e. The van der Waals surface area contributed by atoms with Crippen LogP contribution in [0.4, 0.5) is 5.88 Å². The molecule has 0 aliphatic carbocycles. The summed E-state index contributed by atoms with van der Waals surface area (Å²) in [5.74, 6) is 0.513. The minimum atomic E-state index is -0.00345. The average Bonchev–Trinajstić information content (AvgIpc) is 3.00. The van der Waals surface area contributed by atoms with E-state index in [1.807, 2.05) is 0 Å². The second-order valence-electron chi connectivity index (χ2n) is 8.22. The molecule has 0 bridgehead atoms. The highest BCUT2D eigenvalue weighted by atomic mass is 32.1. The molecule has 2 aromatic heterocycles. The van der Waals surface area contributed by atoms with Crippen LogP contribution in [0.2, 0.25) is 0 Å². The zero-order chi connectivity index (χ0) is 17.0. The predicted molar refractivity (Wildman–Crippen MR) is 101 cm³/mol. The molecule has 3 aromatic rings. The third-order valence-corrected chi connectivity index (χ3v) is 5.15. The molecule has 122 valence electrons. The lowest BCUT2D eigenvalue weighted by atomic mass is 9.79. The van der Waals surface area contributed by atoms with E-state index in [0.717, 1.165) is 21.4 Å². The summed E-state index contributed by atoms with van der Waals surface area (Å²) in [5, 5.41) is 3.20. The Morgan fingerprint density at radius 2 is 1.70 bits per heavy atom. The van der Waals surface area contributed by atoms with E-state index in [-0.39, 0.29) is 10.8 Å². The summed E-state index contributed by atoms with van der Waals surface area (Å²) >= 11 is 1.70. The van der Waals surface area contributed by atoms with Crippen LogP contribution in [0.5, 0.6) is 0 Å². The summed E-state index contributed by atoms with van der Waals surface area (Å²) in [5.41, 5.74) is 10.8. The Labute approximate surface area is 142 Å². The number of thiophene rings is 1. The van der Waals surface area contributed by atoms with Crippen molar-refractivity contribution in [3.05, 3.63) is 40.8 Å². The molecule has 2 nitrogen and oxygen atoms in total. The number of hydrogen-bond donors (Lipinski definition) is 1. The first-order valence-corrected chi connectivity index (χ1v) is 8.88. The number of fused-ring (bicyclic) bond motifs is 1. The SMILES string of the molecule is CC(C)(C)c1cc(C(C)(C)C)c2oc(N)c(-c3cccs3)c2c1. The summed E-state index contributed by atoms with van der Waals surface area (Å²) < 4.78 is 6.03. The number of hydrogen-bond acceptors (Lipinski definition) is 3. The van der Waals surface area contributed by atoms with Gasteiger partial charge in [-0.05, 0) is 33.9 Å². The van der Waals surface area contributed by atoms with Crippen molar-refractivity contribution in [2.75, 3.05) is 5.73 Å². The van der Waals surface area contributed by atoms with Gasteiger partial charge in [0.1, 0.15) is 5.58 Å². The molecule has 2 heterocycles. The fraction of sp³-hybridized carbons (Fsp3) is 0.400. The maximum Gasteiger partial charge on any atom is 0.200 e. The molecule has 0 atom stereocenters. The van der Waals surface area contributed by atoms with Crippen LogP contribution in [0.1, 0.15) is 52.7 Å². The van der Waals surface area contributed by atoms with Gasteiger partial charge in [-0.2, -0.15) is 0 Å². The van der Waals surface area contributed by atoms with E-state index >= 15 is 0 Å². The molecule has 0 fully saturated rings. The van der Waals surface area contributed by atoms with Gasteiger partial charge in [0.05, 0.1) is 5.56 Å². The van der Waals surface area contributed by atoms with Gasteiger partial charge in [0.15, 0.2) is 5.88 Å². The van der Waals surface area contributed by atoms with Crippen molar-refractivity contribution >= 4 is 28.2 Å². The van der Waals surface area contributed by atoms with Crippen LogP contribution in [0.15, 0.2) is 34.1 Å². The fourth-order valence-corrected chi connectivity index (χ4v) is 3.67. The minimum Gasteiger partial charge on any atom is -0.440 e. The molecule has 0 aliphatic heterocycles. The molecule has 0 saturated heterocycles. The van der Waals surface area contributed by atoms with E-state index in [1.165, 1.54) is 11.1 Å². The molecule has 0 spiro atoms. The van der Waals surface area contributed by atoms with E-state index in [2.05, 4.69) is 71.2 Å². The Morgan fingerprint density at radius 3 is 2.22 bits per heavy atom. The standard InChI is InChI=1S/C20H25NOS/c1-19(2,3)12-10-13-16(15-8-7-9-23-15)18(21)22-17(13)14(11-12)20(4,5)6/h7-11H,21H2,1-6H3. The Hall–Kier alpha value is -1.74. The van der Waals surface area contributed by atoms with Crippen LogP contribution in [0.3, 0.4) is 0 Å². The van der Waals surface area contributed by atoms with Crippen LogP contribution in [0, 0.1) is 0 Å². The summed E-state index contributed by atoms with van der Waals surface area (Å²) in [7, 11) is 0. The number of nitrogens with two attached hydrogens (primary N) is 1. The molecule has 0 radical (unpaired) electrons. The quantitative estimate of drug-likeness (QED) is 0.566. The molecule has 1 aromatic carbocycles. The summed E-state index contributed by atoms with van der Waals surface area (Å²) in [6.45, 7) is 13.4. The van der Waals surface area contributed by atoms with Gasteiger partial charge >= 0.3 is 0 Å². The van der Waals surface area contributed by atoms with E-state index < -0.39 is 0 Å². The Morgan fingerprint density at radius 1 is 1.00 bits per heavy atom.